The van der Waals surface area contributed by atoms with E-state index in [-0.39, 0.29) is 12.0 Å². The van der Waals surface area contributed by atoms with Crippen molar-refractivity contribution >= 4 is 5.91 Å². The van der Waals surface area contributed by atoms with Gasteiger partial charge in [-0.25, -0.2) is 0 Å². The molecule has 0 saturated carbocycles. The Kier molecular flexibility index (Phi) is 4.56. The maximum absolute atomic E-state index is 12.3. The molecule has 0 saturated heterocycles. The quantitative estimate of drug-likeness (QED) is 0.856. The van der Waals surface area contributed by atoms with Crippen LogP contribution in [0.2, 0.25) is 0 Å². The molecule has 1 amide bonds. The van der Waals surface area contributed by atoms with Crippen molar-refractivity contribution in [3.05, 3.63) is 34.9 Å². The fourth-order valence-corrected chi connectivity index (χ4v) is 2.32. The molecule has 104 valence electrons. The van der Waals surface area contributed by atoms with E-state index < -0.39 is 0 Å². The lowest BCUT2D eigenvalue weighted by Crippen LogP contribution is -2.30. The van der Waals surface area contributed by atoms with Gasteiger partial charge in [-0.05, 0) is 49.6 Å². The second-order valence-corrected chi connectivity index (χ2v) is 5.27. The number of carbonyl (C=O) groups is 1. The van der Waals surface area contributed by atoms with E-state index in [1.165, 1.54) is 11.1 Å². The lowest BCUT2D eigenvalue weighted by molar-refractivity contribution is 0.0769. The van der Waals surface area contributed by atoms with Gasteiger partial charge in [-0.15, -0.1) is 0 Å². The van der Waals surface area contributed by atoms with E-state index in [0.29, 0.717) is 13.0 Å². The second-order valence-electron chi connectivity index (χ2n) is 5.27. The van der Waals surface area contributed by atoms with Crippen LogP contribution < -0.4 is 5.32 Å². The van der Waals surface area contributed by atoms with Gasteiger partial charge in [0.25, 0.3) is 5.91 Å². The highest BCUT2D eigenvalue weighted by Crippen LogP contribution is 2.17. The van der Waals surface area contributed by atoms with Crippen LogP contribution in [-0.4, -0.2) is 42.2 Å². The maximum Gasteiger partial charge on any atom is 0.253 e. The van der Waals surface area contributed by atoms with Crippen molar-refractivity contribution in [2.75, 3.05) is 20.1 Å². The fraction of sp³-hybridized carbons (Fsp3) is 0.533. The van der Waals surface area contributed by atoms with Gasteiger partial charge >= 0.3 is 0 Å². The van der Waals surface area contributed by atoms with Gasteiger partial charge < -0.3 is 15.3 Å². The van der Waals surface area contributed by atoms with Crippen molar-refractivity contribution < 1.29 is 9.90 Å². The number of amides is 1. The summed E-state index contributed by atoms with van der Waals surface area (Å²) in [5.74, 6) is 0.0222. The molecule has 0 aromatic heterocycles. The molecule has 4 heteroatoms. The SMILES string of the molecule is CC(O)CCN(C)C(=O)c1ccc2c(c1)CNCC2. The predicted molar refractivity (Wildman–Crippen MR) is 75.1 cm³/mol. The summed E-state index contributed by atoms with van der Waals surface area (Å²) >= 11 is 0. The van der Waals surface area contributed by atoms with Crippen molar-refractivity contribution in [3.8, 4) is 0 Å². The smallest absolute Gasteiger partial charge is 0.253 e. The van der Waals surface area contributed by atoms with Crippen LogP contribution in [0.4, 0.5) is 0 Å². The van der Waals surface area contributed by atoms with Crippen molar-refractivity contribution in [1.82, 2.24) is 10.2 Å². The highest BCUT2D eigenvalue weighted by Gasteiger charge is 2.15. The van der Waals surface area contributed by atoms with Gasteiger partial charge in [0.1, 0.15) is 0 Å². The number of hydrogen-bond acceptors (Lipinski definition) is 3. The number of aliphatic hydroxyl groups excluding tert-OH is 1. The molecular weight excluding hydrogens is 240 g/mol. The third kappa shape index (κ3) is 3.55. The molecule has 1 aliphatic rings. The number of nitrogens with one attached hydrogen (secondary N) is 1. The standard InChI is InChI=1S/C15H22N2O2/c1-11(18)6-8-17(2)15(19)13-4-3-12-5-7-16-10-14(12)9-13/h3-4,9,11,16,18H,5-8,10H2,1-2H3. The zero-order valence-electron chi connectivity index (χ0n) is 11.6. The molecule has 2 N–H and O–H groups in total. The number of carbonyl (C=O) groups excluding carboxylic acids is 1. The third-order valence-corrected chi connectivity index (χ3v) is 3.57. The Hall–Kier alpha value is -1.39. The summed E-state index contributed by atoms with van der Waals surface area (Å²) in [6.07, 6.45) is 1.26. The van der Waals surface area contributed by atoms with Crippen LogP contribution in [0.3, 0.4) is 0 Å². The largest absolute Gasteiger partial charge is 0.393 e. The molecule has 0 aliphatic carbocycles. The molecule has 1 heterocycles. The van der Waals surface area contributed by atoms with E-state index in [4.69, 9.17) is 0 Å². The van der Waals surface area contributed by atoms with E-state index in [2.05, 4.69) is 11.4 Å². The average Bonchev–Trinajstić information content (AvgIpc) is 2.43. The molecule has 1 aromatic rings. The average molecular weight is 262 g/mol. The highest BCUT2D eigenvalue weighted by atomic mass is 16.3. The van der Waals surface area contributed by atoms with Crippen LogP contribution in [0.5, 0.6) is 0 Å². The third-order valence-electron chi connectivity index (χ3n) is 3.57. The zero-order valence-corrected chi connectivity index (χ0v) is 11.6. The summed E-state index contributed by atoms with van der Waals surface area (Å²) in [5, 5.41) is 12.6. The summed E-state index contributed by atoms with van der Waals surface area (Å²) in [6.45, 7) is 4.16. The molecule has 1 aliphatic heterocycles. The monoisotopic (exact) mass is 262 g/mol. The Morgan fingerprint density at radius 1 is 1.47 bits per heavy atom. The van der Waals surface area contributed by atoms with Gasteiger partial charge in [-0.1, -0.05) is 6.07 Å². The lowest BCUT2D eigenvalue weighted by atomic mass is 9.98. The molecule has 1 aromatic carbocycles. The Bertz CT molecular complexity index is 457. The summed E-state index contributed by atoms with van der Waals surface area (Å²) in [5.41, 5.74) is 3.29. The lowest BCUT2D eigenvalue weighted by Gasteiger charge is -2.21. The summed E-state index contributed by atoms with van der Waals surface area (Å²) < 4.78 is 0. The number of rotatable bonds is 4. The fourth-order valence-electron chi connectivity index (χ4n) is 2.32. The van der Waals surface area contributed by atoms with Gasteiger partial charge in [0.05, 0.1) is 6.10 Å². The highest BCUT2D eigenvalue weighted by molar-refractivity contribution is 5.94. The first-order chi connectivity index (χ1) is 9.08. The zero-order chi connectivity index (χ0) is 13.8. The van der Waals surface area contributed by atoms with Crippen molar-refractivity contribution in [2.24, 2.45) is 0 Å². The van der Waals surface area contributed by atoms with Gasteiger partial charge in [0.2, 0.25) is 0 Å². The summed E-state index contributed by atoms with van der Waals surface area (Å²) in [4.78, 5) is 13.9. The minimum Gasteiger partial charge on any atom is -0.393 e. The first-order valence-corrected chi connectivity index (χ1v) is 6.84. The number of benzene rings is 1. The molecule has 4 nitrogen and oxygen atoms in total. The maximum atomic E-state index is 12.3. The van der Waals surface area contributed by atoms with Crippen LogP contribution in [0.1, 0.15) is 34.8 Å². The topological polar surface area (TPSA) is 52.6 Å². The van der Waals surface area contributed by atoms with Gasteiger partial charge in [-0.3, -0.25) is 4.79 Å². The van der Waals surface area contributed by atoms with Crippen LogP contribution in [0.25, 0.3) is 0 Å². The molecule has 0 fully saturated rings. The molecule has 2 rings (SSSR count). The number of hydrogen-bond donors (Lipinski definition) is 2. The Labute approximate surface area is 114 Å². The molecule has 0 radical (unpaired) electrons. The number of nitrogens with zero attached hydrogens (tertiary/aromatic N) is 1. The van der Waals surface area contributed by atoms with Crippen LogP contribution >= 0.6 is 0 Å². The normalized spacial score (nSPS) is 15.7. The van der Waals surface area contributed by atoms with Crippen molar-refractivity contribution in [2.45, 2.75) is 32.4 Å². The van der Waals surface area contributed by atoms with E-state index in [9.17, 15) is 9.90 Å². The van der Waals surface area contributed by atoms with E-state index >= 15 is 0 Å². The number of fused-ring (bicyclic) bond motifs is 1. The molecule has 1 atom stereocenters. The Balaban J connectivity index is 2.06. The first kappa shape index (κ1) is 14.0. The van der Waals surface area contributed by atoms with Crippen molar-refractivity contribution in [3.63, 3.8) is 0 Å². The molecular formula is C15H22N2O2. The minimum atomic E-state index is -0.372. The minimum absolute atomic E-state index is 0.0222. The van der Waals surface area contributed by atoms with Crippen LogP contribution in [0.15, 0.2) is 18.2 Å². The van der Waals surface area contributed by atoms with E-state index in [1.807, 2.05) is 12.1 Å². The van der Waals surface area contributed by atoms with Crippen LogP contribution in [0, 0.1) is 0 Å². The number of aliphatic hydroxyl groups is 1. The molecule has 0 bridgehead atoms. The Morgan fingerprint density at radius 2 is 2.26 bits per heavy atom. The first-order valence-electron chi connectivity index (χ1n) is 6.84. The second kappa shape index (κ2) is 6.17. The van der Waals surface area contributed by atoms with Crippen molar-refractivity contribution in [1.29, 1.82) is 0 Å². The molecule has 0 spiro atoms. The van der Waals surface area contributed by atoms with Gasteiger partial charge in [0, 0.05) is 25.7 Å². The van der Waals surface area contributed by atoms with E-state index in [0.717, 1.165) is 25.1 Å². The van der Waals surface area contributed by atoms with Gasteiger partial charge in [0.15, 0.2) is 0 Å². The summed E-state index contributed by atoms with van der Waals surface area (Å²) in [7, 11) is 1.78. The summed E-state index contributed by atoms with van der Waals surface area (Å²) in [6, 6.07) is 5.96. The van der Waals surface area contributed by atoms with E-state index in [1.54, 1.807) is 18.9 Å². The Morgan fingerprint density at radius 3 is 3.00 bits per heavy atom. The predicted octanol–water partition coefficient (Wildman–Crippen LogP) is 1.18. The van der Waals surface area contributed by atoms with Gasteiger partial charge in [-0.2, -0.15) is 0 Å². The molecule has 19 heavy (non-hydrogen) atoms. The molecule has 1 unspecified atom stereocenters. The van der Waals surface area contributed by atoms with Crippen LogP contribution in [-0.2, 0) is 13.0 Å².